The lowest BCUT2D eigenvalue weighted by atomic mass is 9.97. The molecule has 1 N–H and O–H groups in total. The standard InChI is InChI=1S/C15H13BrClF2N/c1-8-3-4-9(5-12(8)17)15(20-2)10-6-14(19)11(16)7-13(10)18/h3-7,15,20H,1-2H3. The van der Waals surface area contributed by atoms with E-state index in [0.29, 0.717) is 5.02 Å². The molecular formula is C15H13BrClF2N. The third-order valence-corrected chi connectivity index (χ3v) is 4.18. The van der Waals surface area contributed by atoms with E-state index in [1.54, 1.807) is 13.1 Å². The molecule has 0 fully saturated rings. The highest BCUT2D eigenvalue weighted by atomic mass is 79.9. The Kier molecular flexibility index (Phi) is 4.78. The van der Waals surface area contributed by atoms with Crippen LogP contribution in [0.4, 0.5) is 8.78 Å². The smallest absolute Gasteiger partial charge is 0.137 e. The molecule has 1 unspecified atom stereocenters. The lowest BCUT2D eigenvalue weighted by molar-refractivity contribution is 0.555. The fraction of sp³-hybridized carbons (Fsp3) is 0.200. The second kappa shape index (κ2) is 6.20. The molecule has 0 spiro atoms. The molecule has 0 aliphatic carbocycles. The van der Waals surface area contributed by atoms with Gasteiger partial charge in [0.05, 0.1) is 10.5 Å². The fourth-order valence-electron chi connectivity index (χ4n) is 2.05. The van der Waals surface area contributed by atoms with Gasteiger partial charge in [0, 0.05) is 10.6 Å². The average Bonchev–Trinajstić information content (AvgIpc) is 2.40. The summed E-state index contributed by atoms with van der Waals surface area (Å²) in [4.78, 5) is 0. The Hall–Kier alpha value is -0.970. The molecule has 0 aromatic heterocycles. The number of nitrogens with one attached hydrogen (secondary N) is 1. The van der Waals surface area contributed by atoms with Crippen molar-refractivity contribution < 1.29 is 8.78 Å². The Morgan fingerprint density at radius 2 is 1.85 bits per heavy atom. The topological polar surface area (TPSA) is 12.0 Å². The normalized spacial score (nSPS) is 12.5. The van der Waals surface area contributed by atoms with Gasteiger partial charge in [-0.3, -0.25) is 0 Å². The van der Waals surface area contributed by atoms with Crippen molar-refractivity contribution >= 4 is 27.5 Å². The molecular weight excluding hydrogens is 348 g/mol. The van der Waals surface area contributed by atoms with Crippen LogP contribution >= 0.6 is 27.5 Å². The maximum atomic E-state index is 14.1. The maximum Gasteiger partial charge on any atom is 0.137 e. The largest absolute Gasteiger partial charge is 0.309 e. The molecule has 1 atom stereocenters. The highest BCUT2D eigenvalue weighted by Gasteiger charge is 2.19. The molecule has 2 rings (SSSR count). The zero-order valence-corrected chi connectivity index (χ0v) is 13.3. The minimum Gasteiger partial charge on any atom is -0.309 e. The molecule has 0 aliphatic heterocycles. The van der Waals surface area contributed by atoms with Crippen molar-refractivity contribution in [2.24, 2.45) is 0 Å². The Morgan fingerprint density at radius 1 is 1.15 bits per heavy atom. The summed E-state index contributed by atoms with van der Waals surface area (Å²) in [5, 5.41) is 3.59. The number of halogens is 4. The van der Waals surface area contributed by atoms with E-state index >= 15 is 0 Å². The van der Waals surface area contributed by atoms with E-state index in [-0.39, 0.29) is 10.0 Å². The van der Waals surface area contributed by atoms with Crippen LogP contribution in [0.2, 0.25) is 5.02 Å². The molecule has 5 heteroatoms. The van der Waals surface area contributed by atoms with Crippen LogP contribution in [-0.2, 0) is 0 Å². The first-order chi connectivity index (χ1) is 9.43. The first-order valence-electron chi connectivity index (χ1n) is 6.01. The molecule has 0 aliphatic rings. The number of rotatable bonds is 3. The molecule has 0 saturated heterocycles. The predicted molar refractivity (Wildman–Crippen MR) is 81.1 cm³/mol. The summed E-state index contributed by atoms with van der Waals surface area (Å²) < 4.78 is 27.8. The molecule has 106 valence electrons. The first-order valence-corrected chi connectivity index (χ1v) is 7.19. The molecule has 2 aromatic rings. The van der Waals surface area contributed by atoms with Crippen molar-refractivity contribution in [1.29, 1.82) is 0 Å². The number of aryl methyl sites for hydroxylation is 1. The lowest BCUT2D eigenvalue weighted by Crippen LogP contribution is -2.19. The van der Waals surface area contributed by atoms with Gasteiger partial charge in [-0.15, -0.1) is 0 Å². The van der Waals surface area contributed by atoms with E-state index in [1.807, 2.05) is 19.1 Å². The third-order valence-electron chi connectivity index (χ3n) is 3.17. The average molecular weight is 361 g/mol. The van der Waals surface area contributed by atoms with Crippen LogP contribution in [0.1, 0.15) is 22.7 Å². The molecule has 0 bridgehead atoms. The summed E-state index contributed by atoms with van der Waals surface area (Å²) in [6, 6.07) is 7.32. The van der Waals surface area contributed by atoms with E-state index in [4.69, 9.17) is 11.6 Å². The van der Waals surface area contributed by atoms with Crippen molar-refractivity contribution in [3.05, 3.63) is 68.2 Å². The number of hydrogen-bond donors (Lipinski definition) is 1. The van der Waals surface area contributed by atoms with Crippen molar-refractivity contribution in [2.45, 2.75) is 13.0 Å². The summed E-state index contributed by atoms with van der Waals surface area (Å²) in [6.45, 7) is 1.89. The molecule has 0 saturated carbocycles. The van der Waals surface area contributed by atoms with Crippen LogP contribution in [0, 0.1) is 18.6 Å². The van der Waals surface area contributed by atoms with Crippen LogP contribution in [0.15, 0.2) is 34.8 Å². The van der Waals surface area contributed by atoms with Crippen LogP contribution in [0.5, 0.6) is 0 Å². The molecule has 0 heterocycles. The Bertz CT molecular complexity index is 646. The summed E-state index contributed by atoms with van der Waals surface area (Å²) in [6.07, 6.45) is 0. The van der Waals surface area contributed by atoms with Gasteiger partial charge in [-0.1, -0.05) is 23.7 Å². The highest BCUT2D eigenvalue weighted by molar-refractivity contribution is 9.10. The minimum absolute atomic E-state index is 0.107. The molecule has 2 aromatic carbocycles. The van der Waals surface area contributed by atoms with Crippen molar-refractivity contribution in [3.8, 4) is 0 Å². The molecule has 20 heavy (non-hydrogen) atoms. The van der Waals surface area contributed by atoms with Gasteiger partial charge in [0.25, 0.3) is 0 Å². The van der Waals surface area contributed by atoms with Gasteiger partial charge >= 0.3 is 0 Å². The van der Waals surface area contributed by atoms with Gasteiger partial charge in [-0.2, -0.15) is 0 Å². The number of benzene rings is 2. The Morgan fingerprint density at radius 3 is 2.45 bits per heavy atom. The fourth-order valence-corrected chi connectivity index (χ4v) is 2.55. The van der Waals surface area contributed by atoms with Gasteiger partial charge in [0.2, 0.25) is 0 Å². The van der Waals surface area contributed by atoms with E-state index in [1.165, 1.54) is 6.07 Å². The predicted octanol–water partition coefficient (Wildman–Crippen LogP) is 5.00. The Labute approximate surface area is 130 Å². The maximum absolute atomic E-state index is 14.1. The zero-order chi connectivity index (χ0) is 14.9. The Balaban J connectivity index is 2.52. The minimum atomic E-state index is -0.500. The molecule has 0 amide bonds. The third kappa shape index (κ3) is 3.03. The van der Waals surface area contributed by atoms with E-state index < -0.39 is 17.7 Å². The van der Waals surface area contributed by atoms with Crippen molar-refractivity contribution in [2.75, 3.05) is 7.05 Å². The van der Waals surface area contributed by atoms with Gasteiger partial charge in [-0.25, -0.2) is 8.78 Å². The zero-order valence-electron chi connectivity index (χ0n) is 11.0. The van der Waals surface area contributed by atoms with Crippen LogP contribution in [0.25, 0.3) is 0 Å². The summed E-state index contributed by atoms with van der Waals surface area (Å²) in [7, 11) is 1.69. The van der Waals surface area contributed by atoms with E-state index in [0.717, 1.165) is 17.2 Å². The molecule has 1 nitrogen and oxygen atoms in total. The van der Waals surface area contributed by atoms with Gasteiger partial charge in [-0.05, 0) is 59.2 Å². The summed E-state index contributed by atoms with van der Waals surface area (Å²) >= 11 is 9.07. The van der Waals surface area contributed by atoms with E-state index in [9.17, 15) is 8.78 Å². The quantitative estimate of drug-likeness (QED) is 0.760. The van der Waals surface area contributed by atoms with Crippen molar-refractivity contribution in [3.63, 3.8) is 0 Å². The summed E-state index contributed by atoms with van der Waals surface area (Å²) in [5.74, 6) is -0.978. The van der Waals surface area contributed by atoms with Crippen LogP contribution in [0.3, 0.4) is 0 Å². The van der Waals surface area contributed by atoms with Crippen molar-refractivity contribution in [1.82, 2.24) is 5.32 Å². The summed E-state index contributed by atoms with van der Waals surface area (Å²) in [5.41, 5.74) is 1.96. The number of hydrogen-bond acceptors (Lipinski definition) is 1. The highest BCUT2D eigenvalue weighted by Crippen LogP contribution is 2.30. The van der Waals surface area contributed by atoms with Gasteiger partial charge in [0.15, 0.2) is 0 Å². The van der Waals surface area contributed by atoms with Crippen LogP contribution in [-0.4, -0.2) is 7.05 Å². The second-order valence-electron chi connectivity index (χ2n) is 4.52. The molecule has 0 radical (unpaired) electrons. The first kappa shape index (κ1) is 15.4. The van der Waals surface area contributed by atoms with E-state index in [2.05, 4.69) is 21.2 Å². The second-order valence-corrected chi connectivity index (χ2v) is 5.78. The van der Waals surface area contributed by atoms with Crippen LogP contribution < -0.4 is 5.32 Å². The monoisotopic (exact) mass is 359 g/mol. The van der Waals surface area contributed by atoms with Gasteiger partial charge in [0.1, 0.15) is 11.6 Å². The lowest BCUT2D eigenvalue weighted by Gasteiger charge is -2.19. The van der Waals surface area contributed by atoms with Gasteiger partial charge < -0.3 is 5.32 Å². The SMILES string of the molecule is CNC(c1ccc(C)c(Cl)c1)c1cc(F)c(Br)cc1F.